The van der Waals surface area contributed by atoms with Gasteiger partial charge in [0.15, 0.2) is 11.6 Å². The highest BCUT2D eigenvalue weighted by atomic mass is 35.5. The number of aliphatic hydroxyl groups excluding tert-OH is 1. The Bertz CT molecular complexity index is 392. The van der Waals surface area contributed by atoms with Gasteiger partial charge in [-0.25, -0.2) is 9.37 Å². The molecule has 0 aliphatic carbocycles. The molecular weight excluding hydrogens is 243 g/mol. The Hall–Kier alpha value is -0.870. The zero-order valence-electron chi connectivity index (χ0n) is 9.74. The Morgan fingerprint density at radius 1 is 1.53 bits per heavy atom. The number of piperidine rings is 1. The number of aromatic nitrogens is 1. The van der Waals surface area contributed by atoms with E-state index in [1.807, 2.05) is 4.90 Å². The van der Waals surface area contributed by atoms with Gasteiger partial charge in [0.25, 0.3) is 0 Å². The number of pyridine rings is 1. The van der Waals surface area contributed by atoms with E-state index < -0.39 is 0 Å². The fourth-order valence-corrected chi connectivity index (χ4v) is 2.38. The van der Waals surface area contributed by atoms with E-state index in [1.165, 1.54) is 12.3 Å². The summed E-state index contributed by atoms with van der Waals surface area (Å²) in [5.74, 6) is 0.285. The minimum atomic E-state index is -0.381. The van der Waals surface area contributed by atoms with Crippen LogP contribution in [0.1, 0.15) is 19.8 Å². The third-order valence-electron chi connectivity index (χ3n) is 3.31. The van der Waals surface area contributed by atoms with Gasteiger partial charge in [-0.15, -0.1) is 0 Å². The molecule has 1 unspecified atom stereocenters. The van der Waals surface area contributed by atoms with Gasteiger partial charge in [-0.05, 0) is 31.7 Å². The molecule has 5 heteroatoms. The topological polar surface area (TPSA) is 36.4 Å². The van der Waals surface area contributed by atoms with Crippen molar-refractivity contribution in [3.8, 4) is 0 Å². The highest BCUT2D eigenvalue weighted by Gasteiger charge is 2.24. The molecule has 1 saturated heterocycles. The zero-order valence-corrected chi connectivity index (χ0v) is 10.5. The molecule has 0 spiro atoms. The molecular formula is C12H16ClFN2O. The van der Waals surface area contributed by atoms with Gasteiger partial charge in [0, 0.05) is 19.3 Å². The van der Waals surface area contributed by atoms with Gasteiger partial charge < -0.3 is 10.0 Å². The summed E-state index contributed by atoms with van der Waals surface area (Å²) in [6.45, 7) is 3.25. The fourth-order valence-electron chi connectivity index (χ4n) is 2.23. The van der Waals surface area contributed by atoms with Crippen molar-refractivity contribution in [3.05, 3.63) is 23.1 Å². The lowest BCUT2D eigenvalue weighted by atomic mass is 9.92. The van der Waals surface area contributed by atoms with Crippen molar-refractivity contribution in [3.63, 3.8) is 0 Å². The summed E-state index contributed by atoms with van der Waals surface area (Å²) < 4.78 is 13.7. The lowest BCUT2D eigenvalue weighted by Crippen LogP contribution is -2.37. The standard InChI is InChI=1S/C12H16ClFN2O/c1-8(17)9-2-4-16(5-3-9)12-11(14)6-10(13)7-15-12/h6-9,17H,2-5H2,1H3. The van der Waals surface area contributed by atoms with Crippen LogP contribution in [0.4, 0.5) is 10.2 Å². The molecule has 1 aromatic rings. The van der Waals surface area contributed by atoms with Gasteiger partial charge in [0.2, 0.25) is 0 Å². The van der Waals surface area contributed by atoms with Crippen LogP contribution in [0.2, 0.25) is 5.02 Å². The maximum absolute atomic E-state index is 13.7. The summed E-state index contributed by atoms with van der Waals surface area (Å²) in [6, 6.07) is 1.28. The molecule has 1 N–H and O–H groups in total. The highest BCUT2D eigenvalue weighted by molar-refractivity contribution is 6.30. The molecule has 0 amide bonds. The van der Waals surface area contributed by atoms with E-state index in [2.05, 4.69) is 4.98 Å². The summed E-state index contributed by atoms with van der Waals surface area (Å²) in [4.78, 5) is 5.94. The smallest absolute Gasteiger partial charge is 0.167 e. The Morgan fingerprint density at radius 3 is 2.71 bits per heavy atom. The monoisotopic (exact) mass is 258 g/mol. The van der Waals surface area contributed by atoms with Crippen LogP contribution in [0.5, 0.6) is 0 Å². The van der Waals surface area contributed by atoms with Gasteiger partial charge in [-0.2, -0.15) is 0 Å². The molecule has 0 bridgehead atoms. The van der Waals surface area contributed by atoms with Crippen molar-refractivity contribution >= 4 is 17.4 Å². The van der Waals surface area contributed by atoms with Gasteiger partial charge in [0.1, 0.15) is 0 Å². The largest absolute Gasteiger partial charge is 0.393 e. The van der Waals surface area contributed by atoms with E-state index >= 15 is 0 Å². The zero-order chi connectivity index (χ0) is 12.4. The molecule has 1 aromatic heterocycles. The van der Waals surface area contributed by atoms with Crippen molar-refractivity contribution in [2.75, 3.05) is 18.0 Å². The molecule has 1 atom stereocenters. The molecule has 17 heavy (non-hydrogen) atoms. The first-order chi connectivity index (χ1) is 8.08. The number of anilines is 1. The summed E-state index contributed by atoms with van der Waals surface area (Å²) in [5, 5.41) is 9.81. The van der Waals surface area contributed by atoms with Gasteiger partial charge >= 0.3 is 0 Å². The van der Waals surface area contributed by atoms with Crippen LogP contribution < -0.4 is 4.90 Å². The van der Waals surface area contributed by atoms with Crippen molar-refractivity contribution in [2.45, 2.75) is 25.9 Å². The Kier molecular flexibility index (Phi) is 3.84. The first kappa shape index (κ1) is 12.6. The maximum Gasteiger partial charge on any atom is 0.167 e. The van der Waals surface area contributed by atoms with Crippen LogP contribution in [0, 0.1) is 11.7 Å². The van der Waals surface area contributed by atoms with Crippen LogP contribution in [0.25, 0.3) is 0 Å². The first-order valence-corrected chi connectivity index (χ1v) is 6.20. The van der Waals surface area contributed by atoms with E-state index in [0.29, 0.717) is 16.8 Å². The predicted molar refractivity (Wildman–Crippen MR) is 65.8 cm³/mol. The molecule has 1 aliphatic heterocycles. The molecule has 94 valence electrons. The van der Waals surface area contributed by atoms with Gasteiger partial charge in [0.05, 0.1) is 11.1 Å². The second-order valence-electron chi connectivity index (χ2n) is 4.52. The lowest BCUT2D eigenvalue weighted by Gasteiger charge is -2.34. The van der Waals surface area contributed by atoms with Crippen molar-refractivity contribution < 1.29 is 9.50 Å². The third-order valence-corrected chi connectivity index (χ3v) is 3.52. The van der Waals surface area contributed by atoms with E-state index in [-0.39, 0.29) is 11.9 Å². The number of hydrogen-bond acceptors (Lipinski definition) is 3. The predicted octanol–water partition coefficient (Wildman–Crippen LogP) is 2.47. The average Bonchev–Trinajstić information content (AvgIpc) is 2.29. The SMILES string of the molecule is CC(O)C1CCN(c2ncc(Cl)cc2F)CC1. The molecule has 0 aromatic carbocycles. The summed E-state index contributed by atoms with van der Waals surface area (Å²) in [6.07, 6.45) is 2.89. The van der Waals surface area contributed by atoms with E-state index in [0.717, 1.165) is 25.9 Å². The van der Waals surface area contributed by atoms with Crippen LogP contribution in [-0.4, -0.2) is 29.3 Å². The Balaban J connectivity index is 2.05. The Morgan fingerprint density at radius 2 is 2.18 bits per heavy atom. The normalized spacial score (nSPS) is 19.4. The van der Waals surface area contributed by atoms with Crippen molar-refractivity contribution in [1.82, 2.24) is 4.98 Å². The van der Waals surface area contributed by atoms with E-state index in [9.17, 15) is 9.50 Å². The van der Waals surface area contributed by atoms with Crippen molar-refractivity contribution in [2.24, 2.45) is 5.92 Å². The van der Waals surface area contributed by atoms with Crippen molar-refractivity contribution in [1.29, 1.82) is 0 Å². The molecule has 2 heterocycles. The lowest BCUT2D eigenvalue weighted by molar-refractivity contribution is 0.109. The fraction of sp³-hybridized carbons (Fsp3) is 0.583. The van der Waals surface area contributed by atoms with Crippen LogP contribution in [0.3, 0.4) is 0 Å². The van der Waals surface area contributed by atoms with Crippen LogP contribution >= 0.6 is 11.6 Å². The second kappa shape index (κ2) is 5.19. The minimum absolute atomic E-state index is 0.292. The number of halogens is 2. The average molecular weight is 259 g/mol. The first-order valence-electron chi connectivity index (χ1n) is 5.82. The van der Waals surface area contributed by atoms with Gasteiger partial charge in [-0.1, -0.05) is 11.6 Å². The number of nitrogens with zero attached hydrogens (tertiary/aromatic N) is 2. The molecule has 2 rings (SSSR count). The van der Waals surface area contributed by atoms with Crippen LogP contribution in [0.15, 0.2) is 12.3 Å². The molecule has 1 aliphatic rings. The number of hydrogen-bond donors (Lipinski definition) is 1. The highest BCUT2D eigenvalue weighted by Crippen LogP contribution is 2.26. The Labute approximate surface area is 105 Å². The molecule has 0 saturated carbocycles. The third kappa shape index (κ3) is 2.87. The van der Waals surface area contributed by atoms with Crippen LogP contribution in [-0.2, 0) is 0 Å². The quantitative estimate of drug-likeness (QED) is 0.885. The second-order valence-corrected chi connectivity index (χ2v) is 4.96. The molecule has 3 nitrogen and oxygen atoms in total. The number of aliphatic hydroxyl groups is 1. The van der Waals surface area contributed by atoms with E-state index in [4.69, 9.17) is 11.6 Å². The molecule has 1 fully saturated rings. The van der Waals surface area contributed by atoms with Gasteiger partial charge in [-0.3, -0.25) is 0 Å². The summed E-state index contributed by atoms with van der Waals surface area (Å²) in [7, 11) is 0. The van der Waals surface area contributed by atoms with E-state index in [1.54, 1.807) is 6.92 Å². The maximum atomic E-state index is 13.7. The summed E-state index contributed by atoms with van der Waals surface area (Å²) >= 11 is 5.67. The summed E-state index contributed by atoms with van der Waals surface area (Å²) in [5.41, 5.74) is 0. The number of rotatable bonds is 2. The molecule has 0 radical (unpaired) electrons. The minimum Gasteiger partial charge on any atom is -0.393 e.